The summed E-state index contributed by atoms with van der Waals surface area (Å²) in [5.74, 6) is 5.50. The first-order valence-corrected chi connectivity index (χ1v) is 7.33. The van der Waals surface area contributed by atoms with Crippen LogP contribution in [-0.4, -0.2) is 15.0 Å². The van der Waals surface area contributed by atoms with Gasteiger partial charge in [0.25, 0.3) is 0 Å². The van der Waals surface area contributed by atoms with E-state index >= 15 is 0 Å². The number of anilines is 1. The van der Waals surface area contributed by atoms with Gasteiger partial charge in [0, 0.05) is 5.92 Å². The molecule has 5 heteroatoms. The minimum atomic E-state index is 0.384. The monoisotopic (exact) mass is 262 g/mol. The van der Waals surface area contributed by atoms with Gasteiger partial charge >= 0.3 is 0 Å². The number of hydrogen-bond acceptors (Lipinski definition) is 4. The molecule has 0 radical (unpaired) electrons. The van der Waals surface area contributed by atoms with Crippen LogP contribution < -0.4 is 5.73 Å². The lowest BCUT2D eigenvalue weighted by Crippen LogP contribution is -2.44. The van der Waals surface area contributed by atoms with Gasteiger partial charge in [-0.05, 0) is 68.0 Å². The number of nitrogen functional groups attached to an aromatic ring is 1. The quantitative estimate of drug-likeness (QED) is 0.764. The Kier molecular flexibility index (Phi) is 2.28. The summed E-state index contributed by atoms with van der Waals surface area (Å²) >= 11 is 5.10. The van der Waals surface area contributed by atoms with Crippen LogP contribution in [0.15, 0.2) is 0 Å². The predicted molar refractivity (Wildman–Crippen MR) is 71.4 cm³/mol. The van der Waals surface area contributed by atoms with Crippen LogP contribution in [0.25, 0.3) is 0 Å². The summed E-state index contributed by atoms with van der Waals surface area (Å²) in [6, 6.07) is 0. The number of hydrogen-bond donors (Lipinski definition) is 2. The average Bonchev–Trinajstić information content (AvgIpc) is 2.25. The molecule has 4 aliphatic carbocycles. The van der Waals surface area contributed by atoms with Crippen LogP contribution in [0.3, 0.4) is 0 Å². The summed E-state index contributed by atoms with van der Waals surface area (Å²) in [7, 11) is 0. The smallest absolute Gasteiger partial charge is 0.224 e. The summed E-state index contributed by atoms with van der Waals surface area (Å²) in [6.45, 7) is 0. The van der Waals surface area contributed by atoms with Crippen molar-refractivity contribution >= 4 is 18.2 Å². The van der Waals surface area contributed by atoms with Crippen LogP contribution in [0.5, 0.6) is 0 Å². The van der Waals surface area contributed by atoms with Gasteiger partial charge in [0.1, 0.15) is 5.82 Å². The van der Waals surface area contributed by atoms with Gasteiger partial charge in [-0.3, -0.25) is 0 Å². The maximum atomic E-state index is 5.78. The molecule has 0 spiro atoms. The van der Waals surface area contributed by atoms with Gasteiger partial charge in [0.15, 0.2) is 0 Å². The maximum Gasteiger partial charge on any atom is 0.224 e. The van der Waals surface area contributed by atoms with E-state index in [-0.39, 0.29) is 0 Å². The first-order chi connectivity index (χ1) is 8.69. The van der Waals surface area contributed by atoms with Gasteiger partial charge in [-0.15, -0.1) is 0 Å². The second-order valence-corrected chi connectivity index (χ2v) is 6.72. The summed E-state index contributed by atoms with van der Waals surface area (Å²) in [5, 5.41) is 0. The zero-order chi connectivity index (χ0) is 12.3. The van der Waals surface area contributed by atoms with E-state index in [1.165, 1.54) is 32.1 Å². The van der Waals surface area contributed by atoms with Gasteiger partial charge in [0.2, 0.25) is 10.7 Å². The van der Waals surface area contributed by atoms with E-state index in [1.807, 2.05) is 0 Å². The Morgan fingerprint density at radius 2 is 1.61 bits per heavy atom. The number of nitrogens with zero attached hydrogens (tertiary/aromatic N) is 2. The lowest BCUT2D eigenvalue weighted by atomic mass is 9.51. The van der Waals surface area contributed by atoms with Crippen molar-refractivity contribution in [1.82, 2.24) is 15.0 Å². The highest BCUT2D eigenvalue weighted by molar-refractivity contribution is 7.71. The molecule has 1 aromatic heterocycles. The van der Waals surface area contributed by atoms with E-state index in [9.17, 15) is 0 Å². The van der Waals surface area contributed by atoms with E-state index in [4.69, 9.17) is 18.0 Å². The van der Waals surface area contributed by atoms with Crippen LogP contribution in [0.1, 0.15) is 43.8 Å². The minimum absolute atomic E-state index is 0.384. The van der Waals surface area contributed by atoms with Gasteiger partial charge in [0.05, 0.1) is 0 Å². The van der Waals surface area contributed by atoms with Crippen molar-refractivity contribution in [2.24, 2.45) is 23.7 Å². The molecule has 5 rings (SSSR count). The molecule has 0 saturated heterocycles. The molecule has 18 heavy (non-hydrogen) atoms. The Bertz CT molecular complexity index is 510. The van der Waals surface area contributed by atoms with Crippen molar-refractivity contribution in [2.45, 2.75) is 38.0 Å². The van der Waals surface area contributed by atoms with Crippen LogP contribution in [0.4, 0.5) is 5.95 Å². The van der Waals surface area contributed by atoms with Crippen molar-refractivity contribution < 1.29 is 0 Å². The zero-order valence-electron chi connectivity index (χ0n) is 10.3. The average molecular weight is 262 g/mol. The lowest BCUT2D eigenvalue weighted by Gasteiger charge is -2.53. The first kappa shape index (κ1) is 10.9. The largest absolute Gasteiger partial charge is 0.369 e. The molecular weight excluding hydrogens is 244 g/mol. The van der Waals surface area contributed by atoms with Crippen molar-refractivity contribution in [3.8, 4) is 0 Å². The fourth-order valence-electron chi connectivity index (χ4n) is 4.95. The van der Waals surface area contributed by atoms with E-state index in [0.29, 0.717) is 16.6 Å². The van der Waals surface area contributed by atoms with Gasteiger partial charge in [-0.2, -0.15) is 4.98 Å². The Balaban J connectivity index is 1.74. The van der Waals surface area contributed by atoms with Crippen molar-refractivity contribution in [3.05, 3.63) is 10.6 Å². The van der Waals surface area contributed by atoms with E-state index in [1.54, 1.807) is 0 Å². The minimum Gasteiger partial charge on any atom is -0.369 e. The zero-order valence-corrected chi connectivity index (χ0v) is 11.1. The number of H-pyrrole nitrogens is 1. The summed E-state index contributed by atoms with van der Waals surface area (Å²) < 4.78 is 0.384. The van der Waals surface area contributed by atoms with Gasteiger partial charge < -0.3 is 10.7 Å². The second-order valence-electron chi connectivity index (χ2n) is 6.36. The molecule has 4 bridgehead atoms. The normalized spacial score (nSPS) is 41.2. The molecule has 1 aromatic rings. The van der Waals surface area contributed by atoms with E-state index < -0.39 is 0 Å². The van der Waals surface area contributed by atoms with Gasteiger partial charge in [-0.1, -0.05) is 0 Å². The first-order valence-electron chi connectivity index (χ1n) is 6.93. The van der Waals surface area contributed by atoms with Crippen LogP contribution in [0.2, 0.25) is 0 Å². The fourth-order valence-corrected chi connectivity index (χ4v) is 5.14. The highest BCUT2D eigenvalue weighted by atomic mass is 32.1. The molecule has 0 amide bonds. The molecule has 96 valence electrons. The second kappa shape index (κ2) is 3.76. The van der Waals surface area contributed by atoms with E-state index in [0.717, 1.165) is 29.5 Å². The van der Waals surface area contributed by atoms with Crippen molar-refractivity contribution in [3.63, 3.8) is 0 Å². The van der Waals surface area contributed by atoms with Crippen molar-refractivity contribution in [1.29, 1.82) is 0 Å². The third-order valence-corrected chi connectivity index (χ3v) is 5.41. The molecule has 3 N–H and O–H groups in total. The molecule has 0 atom stereocenters. The molecule has 0 aromatic carbocycles. The Morgan fingerprint density at radius 1 is 1.00 bits per heavy atom. The maximum absolute atomic E-state index is 5.78. The summed E-state index contributed by atoms with van der Waals surface area (Å²) in [6.07, 6.45) is 6.98. The van der Waals surface area contributed by atoms with Gasteiger partial charge in [-0.25, -0.2) is 4.98 Å². The standard InChI is InChI=1S/C13H18N4S/c14-12-15-11(16-13(18)17-12)10-8-2-6-1-7(4-8)5-9(10)3-6/h6-10H,1-5H2,(H3,14,15,16,17,18). The Morgan fingerprint density at radius 3 is 2.17 bits per heavy atom. The molecule has 4 aliphatic rings. The number of nitrogens with one attached hydrogen (secondary N) is 1. The molecule has 0 unspecified atom stereocenters. The third kappa shape index (κ3) is 1.60. The third-order valence-electron chi connectivity index (χ3n) is 5.23. The highest BCUT2D eigenvalue weighted by Crippen LogP contribution is 2.59. The predicted octanol–water partition coefficient (Wildman–Crippen LogP) is 2.66. The molecule has 0 aliphatic heterocycles. The lowest BCUT2D eigenvalue weighted by molar-refractivity contribution is -0.00570. The van der Waals surface area contributed by atoms with Crippen LogP contribution in [0, 0.1) is 28.4 Å². The Hall–Kier alpha value is -0.970. The molecule has 4 saturated carbocycles. The number of rotatable bonds is 1. The fraction of sp³-hybridized carbons (Fsp3) is 0.769. The van der Waals surface area contributed by atoms with Crippen LogP contribution >= 0.6 is 12.2 Å². The summed E-state index contributed by atoms with van der Waals surface area (Å²) in [4.78, 5) is 11.6. The highest BCUT2D eigenvalue weighted by Gasteiger charge is 2.49. The topological polar surface area (TPSA) is 67.6 Å². The molecule has 4 nitrogen and oxygen atoms in total. The number of aromatic nitrogens is 3. The number of aromatic amines is 1. The number of nitrogens with two attached hydrogens (primary N) is 1. The molecular formula is C13H18N4S. The van der Waals surface area contributed by atoms with Crippen LogP contribution in [-0.2, 0) is 0 Å². The van der Waals surface area contributed by atoms with E-state index in [2.05, 4.69) is 15.0 Å². The Labute approximate surface area is 111 Å². The van der Waals surface area contributed by atoms with Crippen molar-refractivity contribution in [2.75, 3.05) is 5.73 Å². The molecule has 4 fully saturated rings. The SMILES string of the molecule is Nc1nc(=S)nc(C2C3CC4CC(C3)CC2C4)[nH]1. The summed E-state index contributed by atoms with van der Waals surface area (Å²) in [5.41, 5.74) is 5.78. The molecule has 1 heterocycles.